The number of unbranched alkanes of at least 4 members (excludes halogenated alkanes) is 2. The SMILES string of the molecule is C[C@@H](CCCCNC(=O)COCCOCCNC(=O)COCCOCCNC(=O)CCCC(=O)NCCOCCOCC(=O)NCCOCCOCC(=O)NCCCC[C@H](C)C(N)=O)C(N)=O. The van der Waals surface area contributed by atoms with Gasteiger partial charge in [0.25, 0.3) is 0 Å². The highest BCUT2D eigenvalue weighted by atomic mass is 16.5. The van der Waals surface area contributed by atoms with E-state index < -0.39 is 0 Å². The second-order valence-electron chi connectivity index (χ2n) is 15.2. The van der Waals surface area contributed by atoms with Crippen molar-refractivity contribution in [3.05, 3.63) is 0 Å². The quantitative estimate of drug-likeness (QED) is 0.0294. The molecule has 388 valence electrons. The molecule has 0 aliphatic rings. The number of carbonyl (C=O) groups excluding carboxylic acids is 8. The third-order valence-corrected chi connectivity index (χ3v) is 9.25. The molecule has 0 aromatic rings. The standard InChI is InChI=1S/C43H80N8O16/c1-34(42(44)58)8-3-5-12-46-38(54)30-64-26-24-62-20-16-50-40(56)32-66-28-22-60-18-14-48-36(52)10-7-11-37(53)49-15-19-61-23-29-67-33-41(57)51-17-21-63-25-27-65-31-39(55)47-13-6-4-9-35(2)43(45)59/h34-35H,3-33H2,1-2H3,(H2,44,58)(H2,45,59)(H,46,54)(H,47,55)(H,48,52)(H,49,53)(H,50,56)(H,51,57)/t34-,35-/m0/s1. The van der Waals surface area contributed by atoms with Gasteiger partial charge < -0.3 is 81.3 Å². The van der Waals surface area contributed by atoms with Crippen LogP contribution in [0.2, 0.25) is 0 Å². The van der Waals surface area contributed by atoms with Gasteiger partial charge in [0.2, 0.25) is 47.3 Å². The number of amides is 8. The second kappa shape index (κ2) is 45.2. The zero-order chi connectivity index (χ0) is 49.6. The third kappa shape index (κ3) is 45.0. The van der Waals surface area contributed by atoms with Crippen LogP contribution in [0, 0.1) is 11.8 Å². The molecule has 24 nitrogen and oxygen atoms in total. The molecule has 24 heteroatoms. The maximum absolute atomic E-state index is 12.0. The molecular weight excluding hydrogens is 885 g/mol. The molecule has 2 atom stereocenters. The first-order chi connectivity index (χ1) is 32.3. The van der Waals surface area contributed by atoms with Crippen molar-refractivity contribution in [2.75, 3.05) is 145 Å². The molecule has 0 fully saturated rings. The zero-order valence-electron chi connectivity index (χ0n) is 39.8. The van der Waals surface area contributed by atoms with Gasteiger partial charge in [0.1, 0.15) is 26.4 Å². The van der Waals surface area contributed by atoms with E-state index in [-0.39, 0.29) is 204 Å². The van der Waals surface area contributed by atoms with Crippen LogP contribution in [0.15, 0.2) is 0 Å². The van der Waals surface area contributed by atoms with Crippen LogP contribution in [0.1, 0.15) is 71.6 Å². The van der Waals surface area contributed by atoms with Crippen LogP contribution in [0.5, 0.6) is 0 Å². The maximum Gasteiger partial charge on any atom is 0.246 e. The van der Waals surface area contributed by atoms with Gasteiger partial charge in [-0.1, -0.05) is 26.7 Å². The minimum Gasteiger partial charge on any atom is -0.377 e. The van der Waals surface area contributed by atoms with E-state index in [1.54, 1.807) is 13.8 Å². The first-order valence-corrected chi connectivity index (χ1v) is 23.1. The topological polar surface area (TPSA) is 335 Å². The Morgan fingerprint density at radius 3 is 0.866 bits per heavy atom. The van der Waals surface area contributed by atoms with Crippen LogP contribution in [-0.2, 0) is 76.3 Å². The summed E-state index contributed by atoms with van der Waals surface area (Å²) in [6, 6.07) is 0. The largest absolute Gasteiger partial charge is 0.377 e. The number of nitrogens with two attached hydrogens (primary N) is 2. The Bertz CT molecular complexity index is 1270. The fraction of sp³-hybridized carbons (Fsp3) is 0.814. The lowest BCUT2D eigenvalue weighted by Gasteiger charge is -2.09. The van der Waals surface area contributed by atoms with E-state index in [4.69, 9.17) is 49.4 Å². The van der Waals surface area contributed by atoms with E-state index in [1.165, 1.54) is 0 Å². The van der Waals surface area contributed by atoms with Crippen LogP contribution >= 0.6 is 0 Å². The Labute approximate surface area is 394 Å². The molecule has 67 heavy (non-hydrogen) atoms. The van der Waals surface area contributed by atoms with E-state index >= 15 is 0 Å². The lowest BCUT2D eigenvalue weighted by molar-refractivity contribution is -0.127. The average Bonchev–Trinajstić information content (AvgIpc) is 3.29. The number of hydrogen-bond acceptors (Lipinski definition) is 16. The van der Waals surface area contributed by atoms with Crippen LogP contribution in [0.25, 0.3) is 0 Å². The van der Waals surface area contributed by atoms with Crippen molar-refractivity contribution in [1.82, 2.24) is 31.9 Å². The van der Waals surface area contributed by atoms with Crippen LogP contribution in [0.3, 0.4) is 0 Å². The van der Waals surface area contributed by atoms with E-state index in [0.29, 0.717) is 32.4 Å². The molecule has 8 amide bonds. The molecule has 0 aliphatic heterocycles. The lowest BCUT2D eigenvalue weighted by Crippen LogP contribution is -2.32. The monoisotopic (exact) mass is 965 g/mol. The summed E-state index contributed by atoms with van der Waals surface area (Å²) in [5.74, 6) is -2.48. The Balaban J connectivity index is 3.47. The van der Waals surface area contributed by atoms with Gasteiger partial charge in [-0.15, -0.1) is 0 Å². The number of hydrogen-bond donors (Lipinski definition) is 8. The summed E-state index contributed by atoms with van der Waals surface area (Å²) in [5.41, 5.74) is 10.4. The Kier molecular flexibility index (Phi) is 42.2. The van der Waals surface area contributed by atoms with Crippen molar-refractivity contribution >= 4 is 47.3 Å². The van der Waals surface area contributed by atoms with E-state index in [2.05, 4.69) is 31.9 Å². The molecular formula is C43H80N8O16. The van der Waals surface area contributed by atoms with E-state index in [9.17, 15) is 38.4 Å². The summed E-state index contributed by atoms with van der Waals surface area (Å²) in [6.07, 6.45) is 5.20. The minimum absolute atomic E-state index is 0.0833. The zero-order valence-corrected chi connectivity index (χ0v) is 39.8. The molecule has 0 aromatic heterocycles. The van der Waals surface area contributed by atoms with Crippen molar-refractivity contribution < 1.29 is 76.3 Å². The summed E-state index contributed by atoms with van der Waals surface area (Å²) in [5, 5.41) is 16.2. The summed E-state index contributed by atoms with van der Waals surface area (Å²) < 4.78 is 42.6. The highest BCUT2D eigenvalue weighted by Gasteiger charge is 2.10. The fourth-order valence-electron chi connectivity index (χ4n) is 5.27. The molecule has 0 saturated carbocycles. The van der Waals surface area contributed by atoms with Gasteiger partial charge in [-0.05, 0) is 32.1 Å². The van der Waals surface area contributed by atoms with Gasteiger partial charge in [0, 0.05) is 63.9 Å². The number of carbonyl (C=O) groups is 8. The molecule has 0 unspecified atom stereocenters. The van der Waals surface area contributed by atoms with Crippen molar-refractivity contribution in [3.8, 4) is 0 Å². The highest BCUT2D eigenvalue weighted by Crippen LogP contribution is 2.07. The molecule has 0 heterocycles. The molecule has 0 spiro atoms. The summed E-state index contributed by atoms with van der Waals surface area (Å²) >= 11 is 0. The van der Waals surface area contributed by atoms with Gasteiger partial charge in [0.15, 0.2) is 0 Å². The van der Waals surface area contributed by atoms with Gasteiger partial charge in [0.05, 0.1) is 79.3 Å². The van der Waals surface area contributed by atoms with Crippen LogP contribution in [0.4, 0.5) is 0 Å². The van der Waals surface area contributed by atoms with Crippen molar-refractivity contribution in [1.29, 1.82) is 0 Å². The minimum atomic E-state index is -0.323. The summed E-state index contributed by atoms with van der Waals surface area (Å²) in [6.45, 7) is 8.14. The lowest BCUT2D eigenvalue weighted by atomic mass is 10.0. The first kappa shape index (κ1) is 62.4. The molecule has 0 aromatic carbocycles. The molecule has 0 rings (SSSR count). The Hall–Kier alpha value is -4.56. The number of ether oxygens (including phenoxy) is 8. The number of nitrogens with one attached hydrogen (secondary N) is 6. The van der Waals surface area contributed by atoms with Gasteiger partial charge in [-0.25, -0.2) is 0 Å². The smallest absolute Gasteiger partial charge is 0.246 e. The highest BCUT2D eigenvalue weighted by molar-refractivity contribution is 5.79. The average molecular weight is 965 g/mol. The fourth-order valence-corrected chi connectivity index (χ4v) is 5.27. The van der Waals surface area contributed by atoms with Gasteiger partial charge in [-0.2, -0.15) is 0 Å². The molecule has 0 bridgehead atoms. The number of rotatable bonds is 48. The maximum atomic E-state index is 12.0. The van der Waals surface area contributed by atoms with E-state index in [1.807, 2.05) is 0 Å². The predicted molar refractivity (Wildman–Crippen MR) is 243 cm³/mol. The third-order valence-electron chi connectivity index (χ3n) is 9.25. The second-order valence-corrected chi connectivity index (χ2v) is 15.2. The number of primary amides is 2. The summed E-state index contributed by atoms with van der Waals surface area (Å²) in [7, 11) is 0. The summed E-state index contributed by atoms with van der Waals surface area (Å²) in [4.78, 5) is 93.4. The molecule has 0 aliphatic carbocycles. The van der Waals surface area contributed by atoms with Crippen molar-refractivity contribution in [2.45, 2.75) is 71.6 Å². The Morgan fingerprint density at radius 2 is 0.582 bits per heavy atom. The molecule has 0 saturated heterocycles. The predicted octanol–water partition coefficient (Wildman–Crippen LogP) is -2.43. The van der Waals surface area contributed by atoms with Gasteiger partial charge in [-0.3, -0.25) is 38.4 Å². The molecule has 10 N–H and O–H groups in total. The van der Waals surface area contributed by atoms with Gasteiger partial charge >= 0.3 is 0 Å². The normalized spacial score (nSPS) is 11.9. The van der Waals surface area contributed by atoms with Crippen molar-refractivity contribution in [2.24, 2.45) is 23.3 Å². The molecule has 0 radical (unpaired) electrons. The van der Waals surface area contributed by atoms with Crippen molar-refractivity contribution in [3.63, 3.8) is 0 Å². The van der Waals surface area contributed by atoms with Crippen LogP contribution < -0.4 is 43.4 Å². The van der Waals surface area contributed by atoms with Crippen LogP contribution in [-0.4, -0.2) is 192 Å². The van der Waals surface area contributed by atoms with E-state index in [0.717, 1.165) is 25.7 Å². The first-order valence-electron chi connectivity index (χ1n) is 23.1. The Morgan fingerprint density at radius 1 is 0.328 bits per heavy atom.